The van der Waals surface area contributed by atoms with Gasteiger partial charge in [-0.15, -0.1) is 0 Å². The Balaban J connectivity index is 1.91. The minimum absolute atomic E-state index is 0.0381. The van der Waals surface area contributed by atoms with E-state index in [0.717, 1.165) is 12.1 Å². The van der Waals surface area contributed by atoms with E-state index in [0.29, 0.717) is 17.0 Å². The molecule has 1 aromatic heterocycles. The van der Waals surface area contributed by atoms with Gasteiger partial charge < -0.3 is 15.0 Å². The number of halogens is 4. The van der Waals surface area contributed by atoms with Crippen LogP contribution in [0, 0.1) is 11.6 Å². The van der Waals surface area contributed by atoms with Crippen LogP contribution in [0.2, 0.25) is 10.0 Å². The predicted molar refractivity (Wildman–Crippen MR) is 97.1 cm³/mol. The van der Waals surface area contributed by atoms with Crippen molar-refractivity contribution in [3.63, 3.8) is 0 Å². The smallest absolute Gasteiger partial charge is 0.251 e. The molecule has 0 unspecified atom stereocenters. The van der Waals surface area contributed by atoms with Gasteiger partial charge in [-0.3, -0.25) is 4.79 Å². The molecule has 1 heterocycles. The minimum atomic E-state index is -0.983. The van der Waals surface area contributed by atoms with Gasteiger partial charge in [0.15, 0.2) is 17.4 Å². The van der Waals surface area contributed by atoms with Gasteiger partial charge in [-0.2, -0.15) is 0 Å². The van der Waals surface area contributed by atoms with Crippen LogP contribution in [0.25, 0.3) is 0 Å². The van der Waals surface area contributed by atoms with Gasteiger partial charge in [-0.25, -0.2) is 8.78 Å². The summed E-state index contributed by atoms with van der Waals surface area (Å²) >= 11 is 12.2. The molecular weight excluding hydrogens is 385 g/mol. The average molecular weight is 397 g/mol. The maximum absolute atomic E-state index is 13.3. The Morgan fingerprint density at radius 1 is 1.00 bits per heavy atom. The number of aromatic nitrogens is 1. The maximum atomic E-state index is 13.3. The first kappa shape index (κ1) is 18.2. The Morgan fingerprint density at radius 3 is 2.35 bits per heavy atom. The van der Waals surface area contributed by atoms with Crippen LogP contribution in [-0.2, 0) is 6.54 Å². The molecule has 2 N–H and O–H groups in total. The molecule has 0 bridgehead atoms. The highest BCUT2D eigenvalue weighted by Crippen LogP contribution is 2.37. The van der Waals surface area contributed by atoms with Gasteiger partial charge in [-0.1, -0.05) is 29.3 Å². The maximum Gasteiger partial charge on any atom is 0.251 e. The summed E-state index contributed by atoms with van der Waals surface area (Å²) in [5.41, 5.74) is 6.12. The Kier molecular flexibility index (Phi) is 5.15. The van der Waals surface area contributed by atoms with Crippen molar-refractivity contribution < 1.29 is 13.5 Å². The van der Waals surface area contributed by atoms with Crippen LogP contribution in [0.5, 0.6) is 11.5 Å². The lowest BCUT2D eigenvalue weighted by Gasteiger charge is -2.12. The minimum Gasteiger partial charge on any atom is -0.453 e. The molecule has 0 saturated heterocycles. The first-order valence-electron chi connectivity index (χ1n) is 7.40. The van der Waals surface area contributed by atoms with Crippen molar-refractivity contribution in [2.75, 3.05) is 5.73 Å². The number of benzene rings is 2. The van der Waals surface area contributed by atoms with Crippen LogP contribution in [0.3, 0.4) is 0 Å². The van der Waals surface area contributed by atoms with Gasteiger partial charge in [0.2, 0.25) is 0 Å². The first-order chi connectivity index (χ1) is 12.3. The number of pyridine rings is 1. The number of nitrogens with zero attached hydrogens (tertiary/aromatic N) is 1. The molecule has 0 saturated carbocycles. The number of hydrogen-bond donors (Lipinski definition) is 1. The standard InChI is InChI=1S/C18H12Cl2F2N2O2/c19-13-6-11(23)7-14(20)18(13)26-12-2-4-17(25)24(9-12)8-10-1-3-15(21)16(22)5-10/h1-7,9H,8,23H2. The van der Waals surface area contributed by atoms with Crippen LogP contribution in [0.4, 0.5) is 14.5 Å². The van der Waals surface area contributed by atoms with Gasteiger partial charge in [0.05, 0.1) is 22.8 Å². The van der Waals surface area contributed by atoms with Crippen molar-refractivity contribution in [3.8, 4) is 11.5 Å². The summed E-state index contributed by atoms with van der Waals surface area (Å²) in [7, 11) is 0. The molecule has 3 aromatic rings. The highest BCUT2D eigenvalue weighted by Gasteiger charge is 2.11. The SMILES string of the molecule is Nc1cc(Cl)c(Oc2ccc(=O)n(Cc3ccc(F)c(F)c3)c2)c(Cl)c1. The second-order valence-electron chi connectivity index (χ2n) is 5.50. The topological polar surface area (TPSA) is 57.2 Å². The lowest BCUT2D eigenvalue weighted by atomic mass is 10.2. The number of hydrogen-bond acceptors (Lipinski definition) is 3. The van der Waals surface area contributed by atoms with Gasteiger partial charge in [0.1, 0.15) is 5.75 Å². The lowest BCUT2D eigenvalue weighted by molar-refractivity contribution is 0.474. The Bertz CT molecular complexity index is 1010. The van der Waals surface area contributed by atoms with Crippen LogP contribution >= 0.6 is 23.2 Å². The third kappa shape index (κ3) is 3.98. The summed E-state index contributed by atoms with van der Waals surface area (Å²) in [4.78, 5) is 12.0. The summed E-state index contributed by atoms with van der Waals surface area (Å²) in [5.74, 6) is -1.45. The van der Waals surface area contributed by atoms with E-state index < -0.39 is 11.6 Å². The van der Waals surface area contributed by atoms with E-state index in [1.165, 1.54) is 41.1 Å². The summed E-state index contributed by atoms with van der Waals surface area (Å²) in [6, 6.07) is 9.14. The molecule has 0 amide bonds. The van der Waals surface area contributed by atoms with Crippen molar-refractivity contribution in [1.29, 1.82) is 0 Å². The summed E-state index contributed by atoms with van der Waals surface area (Å²) < 4.78 is 33.3. The lowest BCUT2D eigenvalue weighted by Crippen LogP contribution is -2.19. The van der Waals surface area contributed by atoms with Crippen molar-refractivity contribution in [1.82, 2.24) is 4.57 Å². The van der Waals surface area contributed by atoms with Crippen molar-refractivity contribution in [2.45, 2.75) is 6.54 Å². The molecule has 0 aliphatic heterocycles. The first-order valence-corrected chi connectivity index (χ1v) is 8.16. The van der Waals surface area contributed by atoms with E-state index in [9.17, 15) is 13.6 Å². The zero-order chi connectivity index (χ0) is 18.8. The largest absolute Gasteiger partial charge is 0.453 e. The Hall–Kier alpha value is -2.57. The highest BCUT2D eigenvalue weighted by atomic mass is 35.5. The Labute approximate surface area is 157 Å². The molecule has 4 nitrogen and oxygen atoms in total. The van der Waals surface area contributed by atoms with Gasteiger partial charge in [0, 0.05) is 11.8 Å². The van der Waals surface area contributed by atoms with E-state index in [2.05, 4.69) is 0 Å². The average Bonchev–Trinajstić information content (AvgIpc) is 2.57. The molecule has 0 atom stereocenters. The molecule has 134 valence electrons. The van der Waals surface area contributed by atoms with Crippen molar-refractivity contribution >= 4 is 28.9 Å². The van der Waals surface area contributed by atoms with Gasteiger partial charge >= 0.3 is 0 Å². The molecule has 0 aliphatic rings. The van der Waals surface area contributed by atoms with Crippen LogP contribution < -0.4 is 16.0 Å². The fraction of sp³-hybridized carbons (Fsp3) is 0.0556. The second-order valence-corrected chi connectivity index (χ2v) is 6.31. The number of nitrogens with two attached hydrogens (primary N) is 1. The van der Waals surface area contributed by atoms with Gasteiger partial charge in [0.25, 0.3) is 5.56 Å². The number of ether oxygens (including phenoxy) is 1. The molecule has 2 aromatic carbocycles. The summed E-state index contributed by atoms with van der Waals surface area (Å²) in [6.45, 7) is 0.0381. The van der Waals surface area contributed by atoms with Crippen molar-refractivity contribution in [2.24, 2.45) is 0 Å². The zero-order valence-corrected chi connectivity index (χ0v) is 14.7. The van der Waals surface area contributed by atoms with E-state index in [4.69, 9.17) is 33.7 Å². The van der Waals surface area contributed by atoms with E-state index in [1.54, 1.807) is 0 Å². The molecule has 8 heteroatoms. The molecule has 0 spiro atoms. The summed E-state index contributed by atoms with van der Waals surface area (Å²) in [5, 5.41) is 0.432. The molecule has 0 radical (unpaired) electrons. The van der Waals surface area contributed by atoms with Crippen molar-refractivity contribution in [3.05, 3.63) is 86.3 Å². The second kappa shape index (κ2) is 7.35. The molecule has 0 fully saturated rings. The highest BCUT2D eigenvalue weighted by molar-refractivity contribution is 6.37. The van der Waals surface area contributed by atoms with E-state index in [-0.39, 0.29) is 27.9 Å². The summed E-state index contributed by atoms with van der Waals surface area (Å²) in [6.07, 6.45) is 1.42. The quantitative estimate of drug-likeness (QED) is 0.640. The number of rotatable bonds is 4. The van der Waals surface area contributed by atoms with Gasteiger partial charge in [-0.05, 0) is 35.9 Å². The van der Waals surface area contributed by atoms with Crippen LogP contribution in [0.1, 0.15) is 5.56 Å². The molecule has 26 heavy (non-hydrogen) atoms. The molecular formula is C18H12Cl2F2N2O2. The third-order valence-corrected chi connectivity index (χ3v) is 4.10. The zero-order valence-electron chi connectivity index (χ0n) is 13.2. The monoisotopic (exact) mass is 396 g/mol. The Morgan fingerprint density at radius 2 is 1.69 bits per heavy atom. The van der Waals surface area contributed by atoms with Crippen LogP contribution in [-0.4, -0.2) is 4.57 Å². The fourth-order valence-corrected chi connectivity index (χ4v) is 2.90. The predicted octanol–water partition coefficient (Wildman–Crippen LogP) is 4.86. The fourth-order valence-electron chi connectivity index (χ4n) is 2.32. The molecule has 0 aliphatic carbocycles. The number of nitrogen functional groups attached to an aromatic ring is 1. The van der Waals surface area contributed by atoms with Crippen LogP contribution in [0.15, 0.2) is 53.5 Å². The number of anilines is 1. The third-order valence-electron chi connectivity index (χ3n) is 3.53. The van der Waals surface area contributed by atoms with E-state index in [1.807, 2.05) is 0 Å². The normalized spacial score (nSPS) is 10.8. The van der Waals surface area contributed by atoms with E-state index >= 15 is 0 Å². The molecule has 3 rings (SSSR count).